The molecule has 3 rings (SSSR count). The van der Waals surface area contributed by atoms with Crippen LogP contribution in [-0.2, 0) is 15.3 Å². The number of para-hydroxylation sites is 1. The predicted molar refractivity (Wildman–Crippen MR) is 76.1 cm³/mol. The summed E-state index contributed by atoms with van der Waals surface area (Å²) in [6.45, 7) is 7.96. The summed E-state index contributed by atoms with van der Waals surface area (Å²) in [7, 11) is 0. The maximum atomic E-state index is 12.6. The maximum absolute atomic E-state index is 12.6. The third-order valence-electron chi connectivity index (χ3n) is 4.22. The lowest BCUT2D eigenvalue weighted by Gasteiger charge is -2.32. The highest BCUT2D eigenvalue weighted by atomic mass is 16.2. The van der Waals surface area contributed by atoms with Crippen LogP contribution in [0.4, 0.5) is 5.69 Å². The standard InChI is InChI=1S/C15H19N3O2/c1-5-18-13(20)14(3,4)17-15(18)10-8-6-7-9(2)11(10)16-12(15)19/h6-8,17H,5H2,1-4H3,(H,16,19). The van der Waals surface area contributed by atoms with E-state index in [0.29, 0.717) is 6.54 Å². The number of nitrogens with one attached hydrogen (secondary N) is 2. The van der Waals surface area contributed by atoms with E-state index in [4.69, 9.17) is 0 Å². The van der Waals surface area contributed by atoms with Crippen molar-refractivity contribution in [2.75, 3.05) is 11.9 Å². The highest BCUT2D eigenvalue weighted by Gasteiger charge is 2.62. The average Bonchev–Trinajstić information content (AvgIpc) is 2.76. The van der Waals surface area contributed by atoms with E-state index in [1.807, 2.05) is 45.9 Å². The van der Waals surface area contributed by atoms with Crippen LogP contribution < -0.4 is 10.6 Å². The Morgan fingerprint density at radius 2 is 1.95 bits per heavy atom. The molecular weight excluding hydrogens is 254 g/mol. The molecule has 2 aliphatic heterocycles. The number of rotatable bonds is 1. The fourth-order valence-corrected chi connectivity index (χ4v) is 3.30. The Hall–Kier alpha value is -1.88. The summed E-state index contributed by atoms with van der Waals surface area (Å²) in [6.07, 6.45) is 0. The number of nitrogens with zero attached hydrogens (tertiary/aromatic N) is 1. The topological polar surface area (TPSA) is 61.4 Å². The summed E-state index contributed by atoms with van der Waals surface area (Å²) in [6, 6.07) is 5.78. The summed E-state index contributed by atoms with van der Waals surface area (Å²) >= 11 is 0. The lowest BCUT2D eigenvalue weighted by molar-refractivity contribution is -0.139. The quantitative estimate of drug-likeness (QED) is 0.811. The number of carbonyl (C=O) groups excluding carboxylic acids is 2. The molecule has 1 saturated heterocycles. The van der Waals surface area contributed by atoms with Crippen LogP contribution in [0.1, 0.15) is 31.9 Å². The van der Waals surface area contributed by atoms with E-state index in [9.17, 15) is 9.59 Å². The van der Waals surface area contributed by atoms with Crippen LogP contribution in [0.25, 0.3) is 0 Å². The number of aryl methyl sites for hydroxylation is 1. The maximum Gasteiger partial charge on any atom is 0.270 e. The molecule has 20 heavy (non-hydrogen) atoms. The van der Waals surface area contributed by atoms with E-state index in [1.165, 1.54) is 0 Å². The van der Waals surface area contributed by atoms with Gasteiger partial charge in [0.1, 0.15) is 0 Å². The van der Waals surface area contributed by atoms with Crippen molar-refractivity contribution in [3.63, 3.8) is 0 Å². The number of anilines is 1. The molecule has 1 aromatic carbocycles. The zero-order chi connectivity index (χ0) is 14.7. The molecule has 5 heteroatoms. The van der Waals surface area contributed by atoms with Crippen molar-refractivity contribution in [3.05, 3.63) is 29.3 Å². The average molecular weight is 273 g/mol. The van der Waals surface area contributed by atoms with Gasteiger partial charge >= 0.3 is 0 Å². The van der Waals surface area contributed by atoms with Gasteiger partial charge in [-0.25, -0.2) is 0 Å². The summed E-state index contributed by atoms with van der Waals surface area (Å²) < 4.78 is 0. The molecule has 5 nitrogen and oxygen atoms in total. The highest BCUT2D eigenvalue weighted by molar-refractivity contribution is 6.10. The molecule has 1 atom stereocenters. The lowest BCUT2D eigenvalue weighted by Crippen LogP contribution is -2.55. The smallest absolute Gasteiger partial charge is 0.270 e. The Morgan fingerprint density at radius 1 is 1.25 bits per heavy atom. The van der Waals surface area contributed by atoms with Crippen molar-refractivity contribution >= 4 is 17.5 Å². The molecule has 0 aromatic heterocycles. The van der Waals surface area contributed by atoms with Crippen LogP contribution in [0.2, 0.25) is 0 Å². The van der Waals surface area contributed by atoms with Crippen LogP contribution in [-0.4, -0.2) is 28.8 Å². The van der Waals surface area contributed by atoms with Crippen LogP contribution in [0.3, 0.4) is 0 Å². The van der Waals surface area contributed by atoms with Crippen LogP contribution in [0.5, 0.6) is 0 Å². The minimum absolute atomic E-state index is 0.0514. The third kappa shape index (κ3) is 1.36. The highest BCUT2D eigenvalue weighted by Crippen LogP contribution is 2.45. The molecule has 2 heterocycles. The van der Waals surface area contributed by atoms with Gasteiger partial charge in [-0.1, -0.05) is 18.2 Å². The molecular formula is C15H19N3O2. The molecule has 2 amide bonds. The van der Waals surface area contributed by atoms with Gasteiger partial charge in [0.05, 0.1) is 11.2 Å². The zero-order valence-corrected chi connectivity index (χ0v) is 12.2. The van der Waals surface area contributed by atoms with E-state index in [2.05, 4.69) is 10.6 Å². The predicted octanol–water partition coefficient (Wildman–Crippen LogP) is 1.33. The molecule has 0 aliphatic carbocycles. The molecule has 0 radical (unpaired) electrons. The van der Waals surface area contributed by atoms with Gasteiger partial charge in [0.25, 0.3) is 5.91 Å². The molecule has 1 aromatic rings. The fourth-order valence-electron chi connectivity index (χ4n) is 3.30. The third-order valence-corrected chi connectivity index (χ3v) is 4.22. The molecule has 0 saturated carbocycles. The van der Waals surface area contributed by atoms with Gasteiger partial charge in [-0.05, 0) is 33.3 Å². The van der Waals surface area contributed by atoms with Crippen molar-refractivity contribution in [1.82, 2.24) is 10.2 Å². The second kappa shape index (κ2) is 3.82. The summed E-state index contributed by atoms with van der Waals surface area (Å²) in [5, 5.41) is 6.18. The van der Waals surface area contributed by atoms with Crippen LogP contribution >= 0.6 is 0 Å². The van der Waals surface area contributed by atoms with Gasteiger partial charge in [0, 0.05) is 12.1 Å². The monoisotopic (exact) mass is 273 g/mol. The van der Waals surface area contributed by atoms with Crippen molar-refractivity contribution in [1.29, 1.82) is 0 Å². The van der Waals surface area contributed by atoms with Gasteiger partial charge in [0.15, 0.2) is 0 Å². The second-order valence-corrected chi connectivity index (χ2v) is 5.96. The molecule has 2 N–H and O–H groups in total. The van der Waals surface area contributed by atoms with E-state index >= 15 is 0 Å². The Labute approximate surface area is 118 Å². The van der Waals surface area contributed by atoms with Gasteiger partial charge < -0.3 is 10.2 Å². The Kier molecular flexibility index (Phi) is 2.51. The SMILES string of the molecule is CCN1C(=O)C(C)(C)NC12C(=O)Nc1c(C)cccc12. The van der Waals surface area contributed by atoms with Gasteiger partial charge in [-0.15, -0.1) is 0 Å². The van der Waals surface area contributed by atoms with Crippen molar-refractivity contribution in [3.8, 4) is 0 Å². The summed E-state index contributed by atoms with van der Waals surface area (Å²) in [4.78, 5) is 26.8. The number of benzene rings is 1. The fraction of sp³-hybridized carbons (Fsp3) is 0.467. The molecule has 106 valence electrons. The van der Waals surface area contributed by atoms with E-state index in [-0.39, 0.29) is 11.8 Å². The van der Waals surface area contributed by atoms with E-state index in [1.54, 1.807) is 4.90 Å². The normalized spacial score (nSPS) is 27.1. The van der Waals surface area contributed by atoms with Gasteiger partial charge in [0.2, 0.25) is 11.6 Å². The van der Waals surface area contributed by atoms with Crippen molar-refractivity contribution in [2.24, 2.45) is 0 Å². The summed E-state index contributed by atoms with van der Waals surface area (Å²) in [5.74, 6) is -0.230. The number of hydrogen-bond donors (Lipinski definition) is 2. The Bertz CT molecular complexity index is 624. The Morgan fingerprint density at radius 3 is 2.60 bits per heavy atom. The summed E-state index contributed by atoms with van der Waals surface area (Å²) in [5.41, 5.74) is 0.829. The molecule has 1 unspecified atom stereocenters. The van der Waals surface area contributed by atoms with E-state index in [0.717, 1.165) is 16.8 Å². The van der Waals surface area contributed by atoms with Crippen LogP contribution in [0, 0.1) is 6.92 Å². The number of hydrogen-bond acceptors (Lipinski definition) is 3. The first-order chi connectivity index (χ1) is 9.34. The molecule has 2 aliphatic rings. The lowest BCUT2D eigenvalue weighted by atomic mass is 9.98. The van der Waals surface area contributed by atoms with Gasteiger partial charge in [-0.2, -0.15) is 0 Å². The number of likely N-dealkylation sites (N-methyl/N-ethyl adjacent to an activating group) is 1. The van der Waals surface area contributed by atoms with Gasteiger partial charge in [-0.3, -0.25) is 14.9 Å². The molecule has 0 bridgehead atoms. The molecule has 1 spiro atoms. The molecule has 1 fully saturated rings. The van der Waals surface area contributed by atoms with Crippen molar-refractivity contribution in [2.45, 2.75) is 38.9 Å². The number of amides is 2. The minimum Gasteiger partial charge on any atom is -0.322 e. The largest absolute Gasteiger partial charge is 0.322 e. The van der Waals surface area contributed by atoms with E-state index < -0.39 is 11.2 Å². The van der Waals surface area contributed by atoms with Crippen LogP contribution in [0.15, 0.2) is 18.2 Å². The number of fused-ring (bicyclic) bond motifs is 2. The first-order valence-electron chi connectivity index (χ1n) is 6.87. The van der Waals surface area contributed by atoms with Crippen molar-refractivity contribution < 1.29 is 9.59 Å². The Balaban J connectivity index is 2.26. The minimum atomic E-state index is -1.07. The number of carbonyl (C=O) groups is 2. The second-order valence-electron chi connectivity index (χ2n) is 5.96. The first-order valence-corrected chi connectivity index (χ1v) is 6.87. The first kappa shape index (κ1) is 13.1. The zero-order valence-electron chi connectivity index (χ0n) is 12.2.